The Morgan fingerprint density at radius 1 is 1.09 bits per heavy atom. The van der Waals surface area contributed by atoms with Crippen molar-refractivity contribution >= 4 is 43.4 Å². The molecule has 0 bridgehead atoms. The Morgan fingerprint density at radius 3 is 2.44 bits per heavy atom. The number of carbonyl (C=O) groups excluding carboxylic acids is 1. The molecule has 2 aromatic carbocycles. The Labute approximate surface area is 188 Å². The average Bonchev–Trinajstić information content (AvgIpc) is 3.31. The van der Waals surface area contributed by atoms with Crippen molar-refractivity contribution in [3.05, 3.63) is 66.0 Å². The first-order valence-electron chi connectivity index (χ1n) is 10.8. The standard InChI is InChI=1S/C25H29N3O3S/c1-6-25(7-2,19-12-11-18-13-14-28(17(3)29)23(18)15-19)21-16-27(4)24-20(21)9-8-10-22(24)26-32(5,30)31/h8-16,26H,6-7H2,1-5H3. The Hall–Kier alpha value is -3.06. The first-order valence-corrected chi connectivity index (χ1v) is 12.7. The number of anilines is 1. The van der Waals surface area contributed by atoms with Crippen molar-refractivity contribution in [1.82, 2.24) is 9.13 Å². The molecule has 6 nitrogen and oxygen atoms in total. The topological polar surface area (TPSA) is 73.1 Å². The predicted molar refractivity (Wildman–Crippen MR) is 131 cm³/mol. The van der Waals surface area contributed by atoms with Crippen LogP contribution in [0.3, 0.4) is 0 Å². The van der Waals surface area contributed by atoms with Crippen LogP contribution in [-0.2, 0) is 22.5 Å². The lowest BCUT2D eigenvalue weighted by Crippen LogP contribution is -2.26. The highest BCUT2D eigenvalue weighted by Crippen LogP contribution is 2.44. The number of nitrogens with zero attached hydrogens (tertiary/aromatic N) is 2. The van der Waals surface area contributed by atoms with Crippen LogP contribution in [0.2, 0.25) is 0 Å². The van der Waals surface area contributed by atoms with E-state index in [0.29, 0.717) is 5.69 Å². The summed E-state index contributed by atoms with van der Waals surface area (Å²) >= 11 is 0. The van der Waals surface area contributed by atoms with Crippen molar-refractivity contribution in [2.45, 2.75) is 39.0 Å². The molecule has 0 atom stereocenters. The summed E-state index contributed by atoms with van der Waals surface area (Å²) in [6.07, 6.45) is 6.81. The van der Waals surface area contributed by atoms with Gasteiger partial charge in [0, 0.05) is 42.6 Å². The number of nitrogens with one attached hydrogen (secondary N) is 1. The summed E-state index contributed by atoms with van der Waals surface area (Å²) in [6.45, 7) is 5.92. The van der Waals surface area contributed by atoms with Crippen LogP contribution < -0.4 is 4.72 Å². The quantitative estimate of drug-likeness (QED) is 0.434. The van der Waals surface area contributed by atoms with E-state index < -0.39 is 10.0 Å². The van der Waals surface area contributed by atoms with Gasteiger partial charge in [0.1, 0.15) is 0 Å². The van der Waals surface area contributed by atoms with Crippen LogP contribution in [0.15, 0.2) is 54.9 Å². The number of aryl methyl sites for hydroxylation is 1. The SMILES string of the molecule is CCC(CC)(c1ccc2ccn(C(C)=O)c2c1)c1cn(C)c2c(NS(C)(=O)=O)cccc12. The number of para-hydroxylation sites is 1. The summed E-state index contributed by atoms with van der Waals surface area (Å²) in [5.74, 6) is -0.0163. The predicted octanol–water partition coefficient (Wildman–Crippen LogP) is 5.27. The monoisotopic (exact) mass is 451 g/mol. The van der Waals surface area contributed by atoms with Crippen molar-refractivity contribution in [1.29, 1.82) is 0 Å². The van der Waals surface area contributed by atoms with Crippen molar-refractivity contribution < 1.29 is 13.2 Å². The van der Waals surface area contributed by atoms with Gasteiger partial charge in [-0.3, -0.25) is 14.1 Å². The van der Waals surface area contributed by atoms with Gasteiger partial charge in [-0.2, -0.15) is 0 Å². The van der Waals surface area contributed by atoms with Gasteiger partial charge < -0.3 is 4.57 Å². The molecule has 0 aliphatic rings. The lowest BCUT2D eigenvalue weighted by Gasteiger charge is -2.33. The van der Waals surface area contributed by atoms with Gasteiger partial charge in [-0.05, 0) is 42.2 Å². The van der Waals surface area contributed by atoms with E-state index in [1.165, 1.54) is 0 Å². The zero-order valence-electron chi connectivity index (χ0n) is 19.1. The molecular weight excluding hydrogens is 422 g/mol. The van der Waals surface area contributed by atoms with Crippen LogP contribution in [0.1, 0.15) is 49.5 Å². The molecule has 1 N–H and O–H groups in total. The fraction of sp³-hybridized carbons (Fsp3) is 0.320. The maximum atomic E-state index is 12.1. The first-order chi connectivity index (χ1) is 15.1. The molecule has 0 amide bonds. The molecular formula is C25H29N3O3S. The number of carbonyl (C=O) groups is 1. The number of hydrogen-bond donors (Lipinski definition) is 1. The van der Waals surface area contributed by atoms with E-state index in [1.807, 2.05) is 29.9 Å². The van der Waals surface area contributed by atoms with Gasteiger partial charge in [0.05, 0.1) is 23.0 Å². The zero-order valence-corrected chi connectivity index (χ0v) is 20.0. The summed E-state index contributed by atoms with van der Waals surface area (Å²) in [7, 11) is -1.46. The minimum atomic E-state index is -3.40. The number of aromatic nitrogens is 2. The van der Waals surface area contributed by atoms with Gasteiger partial charge in [0.2, 0.25) is 15.9 Å². The highest BCUT2D eigenvalue weighted by atomic mass is 32.2. The fourth-order valence-electron chi connectivity index (χ4n) is 5.03. The molecule has 0 spiro atoms. The minimum absolute atomic E-state index is 0.0163. The average molecular weight is 452 g/mol. The lowest BCUT2D eigenvalue weighted by molar-refractivity contribution is 0.0941. The van der Waals surface area contributed by atoms with E-state index in [4.69, 9.17) is 0 Å². The minimum Gasteiger partial charge on any atom is -0.349 e. The van der Waals surface area contributed by atoms with Gasteiger partial charge in [-0.25, -0.2) is 8.42 Å². The molecule has 32 heavy (non-hydrogen) atoms. The van der Waals surface area contributed by atoms with E-state index in [1.54, 1.807) is 17.6 Å². The third kappa shape index (κ3) is 3.50. The smallest absolute Gasteiger partial charge is 0.229 e. The van der Waals surface area contributed by atoms with Gasteiger partial charge in [0.15, 0.2) is 0 Å². The van der Waals surface area contributed by atoms with Crippen LogP contribution >= 0.6 is 0 Å². The second-order valence-electron chi connectivity index (χ2n) is 8.50. The van der Waals surface area contributed by atoms with Crippen LogP contribution in [0.4, 0.5) is 5.69 Å². The summed E-state index contributed by atoms with van der Waals surface area (Å²) in [5.41, 5.74) is 4.33. The second kappa shape index (κ2) is 7.81. The van der Waals surface area contributed by atoms with Gasteiger partial charge in [-0.1, -0.05) is 38.1 Å². The number of rotatable bonds is 6. The zero-order chi connectivity index (χ0) is 23.3. The molecule has 4 aromatic rings. The molecule has 4 rings (SSSR count). The molecule has 0 unspecified atom stereocenters. The van der Waals surface area contributed by atoms with E-state index in [9.17, 15) is 13.2 Å². The molecule has 168 valence electrons. The van der Waals surface area contributed by atoms with Crippen molar-refractivity contribution in [2.75, 3.05) is 11.0 Å². The molecule has 0 saturated carbocycles. The third-order valence-electron chi connectivity index (χ3n) is 6.60. The Morgan fingerprint density at radius 2 is 1.81 bits per heavy atom. The molecule has 0 aliphatic heterocycles. The summed E-state index contributed by atoms with van der Waals surface area (Å²) in [4.78, 5) is 12.1. The first kappa shape index (κ1) is 22.1. The van der Waals surface area contributed by atoms with E-state index in [2.05, 4.69) is 49.0 Å². The highest BCUT2D eigenvalue weighted by Gasteiger charge is 2.34. The van der Waals surface area contributed by atoms with Crippen molar-refractivity contribution in [3.8, 4) is 0 Å². The normalized spacial score (nSPS) is 12.5. The lowest BCUT2D eigenvalue weighted by atomic mass is 9.70. The Kier molecular flexibility index (Phi) is 5.41. The summed E-state index contributed by atoms with van der Waals surface area (Å²) < 4.78 is 30.2. The van der Waals surface area contributed by atoms with Crippen LogP contribution in [-0.4, -0.2) is 29.7 Å². The molecule has 0 aliphatic carbocycles. The number of benzene rings is 2. The third-order valence-corrected chi connectivity index (χ3v) is 7.20. The number of sulfonamides is 1. The maximum absolute atomic E-state index is 12.1. The van der Waals surface area contributed by atoms with Gasteiger partial charge in [0.25, 0.3) is 0 Å². The van der Waals surface area contributed by atoms with Crippen LogP contribution in [0.25, 0.3) is 21.8 Å². The molecule has 0 saturated heterocycles. The molecule has 2 heterocycles. The molecule has 0 radical (unpaired) electrons. The van der Waals surface area contributed by atoms with Gasteiger partial charge >= 0.3 is 0 Å². The second-order valence-corrected chi connectivity index (χ2v) is 10.2. The number of fused-ring (bicyclic) bond motifs is 2. The van der Waals surface area contributed by atoms with Gasteiger partial charge in [-0.15, -0.1) is 0 Å². The fourth-order valence-corrected chi connectivity index (χ4v) is 5.59. The Bertz CT molecular complexity index is 1440. The largest absolute Gasteiger partial charge is 0.349 e. The van der Waals surface area contributed by atoms with Crippen LogP contribution in [0, 0.1) is 0 Å². The highest BCUT2D eigenvalue weighted by molar-refractivity contribution is 7.92. The molecule has 2 aromatic heterocycles. The van der Waals surface area contributed by atoms with Crippen molar-refractivity contribution in [3.63, 3.8) is 0 Å². The Balaban J connectivity index is 1.99. The van der Waals surface area contributed by atoms with E-state index >= 15 is 0 Å². The maximum Gasteiger partial charge on any atom is 0.229 e. The molecule has 7 heteroatoms. The summed E-state index contributed by atoms with van der Waals surface area (Å²) in [6, 6.07) is 14.0. The van der Waals surface area contributed by atoms with Crippen LogP contribution in [0.5, 0.6) is 0 Å². The van der Waals surface area contributed by atoms with E-state index in [0.717, 1.165) is 52.0 Å². The van der Waals surface area contributed by atoms with E-state index in [-0.39, 0.29) is 11.3 Å². The van der Waals surface area contributed by atoms with Crippen molar-refractivity contribution in [2.24, 2.45) is 7.05 Å². The summed E-state index contributed by atoms with van der Waals surface area (Å²) in [5, 5.41) is 2.05. The number of hydrogen-bond acceptors (Lipinski definition) is 3. The molecule has 0 fully saturated rings.